The molecule has 0 radical (unpaired) electrons. The molecule has 3 rings (SSSR count). The van der Waals surface area contributed by atoms with Crippen LogP contribution in [-0.2, 0) is 10.0 Å². The molecule has 1 aliphatic rings. The minimum absolute atomic E-state index is 0.0297. The molecule has 1 aromatic heterocycles. The Morgan fingerprint density at radius 3 is 2.70 bits per heavy atom. The third-order valence-electron chi connectivity index (χ3n) is 4.01. The summed E-state index contributed by atoms with van der Waals surface area (Å²) in [5.74, 6) is 1.03. The van der Waals surface area contributed by atoms with Gasteiger partial charge in [0.1, 0.15) is 5.69 Å². The van der Waals surface area contributed by atoms with Gasteiger partial charge >= 0.3 is 0 Å². The van der Waals surface area contributed by atoms with E-state index < -0.39 is 10.0 Å². The van der Waals surface area contributed by atoms with E-state index in [9.17, 15) is 8.42 Å². The lowest BCUT2D eigenvalue weighted by molar-refractivity contribution is 0.207. The number of aryl methyl sites for hydroxylation is 1. The molecule has 1 fully saturated rings. The molecule has 0 unspecified atom stereocenters. The summed E-state index contributed by atoms with van der Waals surface area (Å²) in [5.41, 5.74) is 1.71. The minimum Gasteiger partial charge on any atom is -0.476 e. The summed E-state index contributed by atoms with van der Waals surface area (Å²) in [4.78, 5) is 8.87. The first-order valence-corrected chi connectivity index (χ1v) is 9.13. The van der Waals surface area contributed by atoms with E-state index in [2.05, 4.69) is 15.3 Å². The van der Waals surface area contributed by atoms with Crippen LogP contribution in [-0.4, -0.2) is 38.1 Å². The van der Waals surface area contributed by atoms with Crippen LogP contribution in [0.15, 0.2) is 23.1 Å². The fraction of sp³-hybridized carbons (Fsp3) is 0.467. The first kappa shape index (κ1) is 16.1. The number of hydrogen-bond acceptors (Lipinski definition) is 6. The highest BCUT2D eigenvalue weighted by molar-refractivity contribution is 7.89. The molecule has 0 atom stereocenters. The van der Waals surface area contributed by atoms with Crippen LogP contribution in [0.25, 0.3) is 11.0 Å². The van der Waals surface area contributed by atoms with Crippen LogP contribution in [0.3, 0.4) is 0 Å². The molecule has 1 aromatic carbocycles. The molecular weight excluding hydrogens is 316 g/mol. The Morgan fingerprint density at radius 2 is 2.00 bits per heavy atom. The van der Waals surface area contributed by atoms with Crippen molar-refractivity contribution >= 4 is 21.1 Å². The highest BCUT2D eigenvalue weighted by Crippen LogP contribution is 2.22. The van der Waals surface area contributed by atoms with Gasteiger partial charge in [-0.15, -0.1) is 0 Å². The monoisotopic (exact) mass is 336 g/mol. The van der Waals surface area contributed by atoms with E-state index >= 15 is 0 Å². The van der Waals surface area contributed by atoms with Gasteiger partial charge in [0.05, 0.1) is 22.5 Å². The lowest BCUT2D eigenvalue weighted by Gasteiger charge is -2.22. The number of sulfonamides is 1. The third kappa shape index (κ3) is 3.77. The molecule has 124 valence electrons. The number of hydrogen-bond donors (Lipinski definition) is 2. The summed E-state index contributed by atoms with van der Waals surface area (Å²) < 4.78 is 28.6. The SMILES string of the molecule is Cc1nc2cc(S(N)(=O)=O)ccc2nc1OCC1CCNCC1. The van der Waals surface area contributed by atoms with E-state index in [1.165, 1.54) is 12.1 Å². The topological polar surface area (TPSA) is 107 Å². The fourth-order valence-electron chi connectivity index (χ4n) is 2.66. The van der Waals surface area contributed by atoms with E-state index in [0.29, 0.717) is 35.1 Å². The summed E-state index contributed by atoms with van der Waals surface area (Å²) in [6.45, 7) is 4.46. The number of aromatic nitrogens is 2. The van der Waals surface area contributed by atoms with Crippen LogP contribution in [0.1, 0.15) is 18.5 Å². The minimum atomic E-state index is -3.75. The molecule has 8 heteroatoms. The molecule has 3 N–H and O–H groups in total. The number of primary sulfonamides is 1. The highest BCUT2D eigenvalue weighted by atomic mass is 32.2. The lowest BCUT2D eigenvalue weighted by atomic mass is 9.99. The predicted molar refractivity (Wildman–Crippen MR) is 86.7 cm³/mol. The first-order chi connectivity index (χ1) is 10.9. The number of nitrogens with two attached hydrogens (primary N) is 1. The Kier molecular flexibility index (Phi) is 4.47. The van der Waals surface area contributed by atoms with Gasteiger partial charge in [-0.25, -0.2) is 23.5 Å². The van der Waals surface area contributed by atoms with Crippen molar-refractivity contribution in [3.8, 4) is 5.88 Å². The maximum Gasteiger partial charge on any atom is 0.238 e. The standard InChI is InChI=1S/C15H20N4O3S/c1-10-15(22-9-11-4-6-17-7-5-11)19-13-3-2-12(23(16,20)21)8-14(13)18-10/h2-3,8,11,17H,4-7,9H2,1H3,(H2,16,20,21). The van der Waals surface area contributed by atoms with Crippen LogP contribution in [0.4, 0.5) is 0 Å². The van der Waals surface area contributed by atoms with Crippen molar-refractivity contribution in [2.45, 2.75) is 24.7 Å². The second-order valence-corrected chi connectivity index (χ2v) is 7.38. The molecule has 1 aliphatic heterocycles. The number of nitrogens with zero attached hydrogens (tertiary/aromatic N) is 2. The van der Waals surface area contributed by atoms with Crippen LogP contribution >= 0.6 is 0 Å². The molecule has 1 saturated heterocycles. The van der Waals surface area contributed by atoms with Gasteiger partial charge in [-0.1, -0.05) is 0 Å². The normalized spacial score (nSPS) is 16.6. The van der Waals surface area contributed by atoms with Crippen molar-refractivity contribution < 1.29 is 13.2 Å². The van der Waals surface area contributed by atoms with Gasteiger partial charge in [-0.2, -0.15) is 0 Å². The van der Waals surface area contributed by atoms with E-state index in [-0.39, 0.29) is 4.90 Å². The second kappa shape index (κ2) is 6.38. The predicted octanol–water partition coefficient (Wildman–Crippen LogP) is 0.964. The molecular formula is C15H20N4O3S. The Morgan fingerprint density at radius 1 is 1.26 bits per heavy atom. The summed E-state index contributed by atoms with van der Waals surface area (Å²) in [6.07, 6.45) is 2.19. The fourth-order valence-corrected chi connectivity index (χ4v) is 3.20. The molecule has 0 amide bonds. The number of piperidine rings is 1. The lowest BCUT2D eigenvalue weighted by Crippen LogP contribution is -2.30. The average molecular weight is 336 g/mol. The Labute approximate surface area is 135 Å². The maximum atomic E-state index is 11.4. The van der Waals surface area contributed by atoms with Gasteiger partial charge in [-0.3, -0.25) is 0 Å². The number of benzene rings is 1. The van der Waals surface area contributed by atoms with Gasteiger partial charge in [0.2, 0.25) is 15.9 Å². The van der Waals surface area contributed by atoms with Crippen molar-refractivity contribution in [1.29, 1.82) is 0 Å². The number of fused-ring (bicyclic) bond motifs is 1. The van der Waals surface area contributed by atoms with Crippen LogP contribution < -0.4 is 15.2 Å². The van der Waals surface area contributed by atoms with Crippen molar-refractivity contribution in [3.63, 3.8) is 0 Å². The van der Waals surface area contributed by atoms with E-state index in [1.54, 1.807) is 13.0 Å². The maximum absolute atomic E-state index is 11.4. The zero-order valence-corrected chi connectivity index (χ0v) is 13.8. The highest BCUT2D eigenvalue weighted by Gasteiger charge is 2.16. The molecule has 0 bridgehead atoms. The van der Waals surface area contributed by atoms with Gasteiger partial charge < -0.3 is 10.1 Å². The van der Waals surface area contributed by atoms with E-state index in [0.717, 1.165) is 25.9 Å². The van der Waals surface area contributed by atoms with Crippen molar-refractivity contribution in [1.82, 2.24) is 15.3 Å². The number of rotatable bonds is 4. The van der Waals surface area contributed by atoms with Crippen LogP contribution in [0, 0.1) is 12.8 Å². The van der Waals surface area contributed by atoms with Crippen LogP contribution in [0.2, 0.25) is 0 Å². The van der Waals surface area contributed by atoms with Crippen LogP contribution in [0.5, 0.6) is 5.88 Å². The summed E-state index contributed by atoms with van der Waals surface area (Å²) in [6, 6.07) is 4.46. The molecule has 0 saturated carbocycles. The van der Waals surface area contributed by atoms with E-state index in [4.69, 9.17) is 9.88 Å². The zero-order valence-electron chi connectivity index (χ0n) is 12.9. The van der Waals surface area contributed by atoms with Gasteiger partial charge in [0, 0.05) is 0 Å². The molecule has 2 heterocycles. The molecule has 7 nitrogen and oxygen atoms in total. The summed E-state index contributed by atoms with van der Waals surface area (Å²) in [5, 5.41) is 8.46. The Hall–Kier alpha value is -1.77. The van der Waals surface area contributed by atoms with E-state index in [1.807, 2.05) is 0 Å². The van der Waals surface area contributed by atoms with Crippen molar-refractivity contribution in [2.75, 3.05) is 19.7 Å². The smallest absolute Gasteiger partial charge is 0.238 e. The summed E-state index contributed by atoms with van der Waals surface area (Å²) >= 11 is 0. The van der Waals surface area contributed by atoms with Crippen molar-refractivity contribution in [3.05, 3.63) is 23.9 Å². The second-order valence-electron chi connectivity index (χ2n) is 5.81. The molecule has 23 heavy (non-hydrogen) atoms. The zero-order chi connectivity index (χ0) is 16.4. The first-order valence-electron chi connectivity index (χ1n) is 7.58. The quantitative estimate of drug-likeness (QED) is 0.861. The van der Waals surface area contributed by atoms with Crippen molar-refractivity contribution in [2.24, 2.45) is 11.1 Å². The molecule has 2 aromatic rings. The largest absolute Gasteiger partial charge is 0.476 e. The summed E-state index contributed by atoms with van der Waals surface area (Å²) in [7, 11) is -3.75. The van der Waals surface area contributed by atoms with Gasteiger partial charge in [0.15, 0.2) is 0 Å². The number of nitrogens with one attached hydrogen (secondary N) is 1. The molecule has 0 aliphatic carbocycles. The molecule has 0 spiro atoms. The van der Waals surface area contributed by atoms with Gasteiger partial charge in [-0.05, 0) is 57.0 Å². The van der Waals surface area contributed by atoms with Gasteiger partial charge in [0.25, 0.3) is 0 Å². The Balaban J connectivity index is 1.83. The Bertz CT molecular complexity index is 817. The number of ether oxygens (including phenoxy) is 1. The average Bonchev–Trinajstić information content (AvgIpc) is 2.52. The third-order valence-corrected chi connectivity index (χ3v) is 4.92.